The van der Waals surface area contributed by atoms with Gasteiger partial charge in [-0.3, -0.25) is 19.7 Å². The molecule has 0 fully saturated rings. The van der Waals surface area contributed by atoms with Crippen LogP contribution in [0.3, 0.4) is 0 Å². The van der Waals surface area contributed by atoms with Gasteiger partial charge >= 0.3 is 0 Å². The minimum absolute atomic E-state index is 0.0142. The average molecular weight is 353 g/mol. The fraction of sp³-hybridized carbons (Fsp3) is 0.263. The number of fused-ring (bicyclic) bond motifs is 1. The Morgan fingerprint density at radius 3 is 2.58 bits per heavy atom. The molecule has 0 radical (unpaired) electrons. The molecule has 0 atom stereocenters. The average Bonchev–Trinajstić information content (AvgIpc) is 2.60. The predicted molar refractivity (Wildman–Crippen MR) is 97.0 cm³/mol. The number of hydrogen-bond donors (Lipinski definition) is 1. The number of nitro benzene ring substituents is 1. The van der Waals surface area contributed by atoms with Crippen LogP contribution < -0.4 is 5.32 Å². The van der Waals surface area contributed by atoms with E-state index in [-0.39, 0.29) is 17.5 Å². The maximum absolute atomic E-state index is 12.4. The van der Waals surface area contributed by atoms with Gasteiger partial charge in [0.25, 0.3) is 11.6 Å². The number of rotatable bonds is 3. The Balaban J connectivity index is 1.78. The quantitative estimate of drug-likeness (QED) is 0.678. The first-order valence-electron chi connectivity index (χ1n) is 8.29. The number of amides is 2. The van der Waals surface area contributed by atoms with Gasteiger partial charge in [-0.1, -0.05) is 6.07 Å². The van der Waals surface area contributed by atoms with Gasteiger partial charge in [0.05, 0.1) is 4.92 Å². The van der Waals surface area contributed by atoms with Crippen molar-refractivity contribution in [3.05, 3.63) is 68.8 Å². The molecule has 0 saturated heterocycles. The minimum Gasteiger partial charge on any atom is -0.338 e. The van der Waals surface area contributed by atoms with E-state index < -0.39 is 4.92 Å². The highest BCUT2D eigenvalue weighted by molar-refractivity contribution is 6.04. The van der Waals surface area contributed by atoms with Crippen LogP contribution in [0.25, 0.3) is 0 Å². The molecule has 1 aliphatic heterocycles. The number of nitrogens with zero attached hydrogens (tertiary/aromatic N) is 2. The molecule has 2 amide bonds. The van der Waals surface area contributed by atoms with Crippen LogP contribution in [-0.2, 0) is 17.8 Å². The summed E-state index contributed by atoms with van der Waals surface area (Å²) in [6.07, 6.45) is 0.796. The van der Waals surface area contributed by atoms with Gasteiger partial charge in [-0.15, -0.1) is 0 Å². The lowest BCUT2D eigenvalue weighted by Gasteiger charge is -2.28. The summed E-state index contributed by atoms with van der Waals surface area (Å²) in [5.74, 6) is -0.298. The monoisotopic (exact) mass is 353 g/mol. The van der Waals surface area contributed by atoms with Crippen molar-refractivity contribution in [2.45, 2.75) is 26.8 Å². The molecule has 0 saturated carbocycles. The van der Waals surface area contributed by atoms with E-state index in [1.165, 1.54) is 23.8 Å². The lowest BCUT2D eigenvalue weighted by atomic mass is 9.99. The Hall–Kier alpha value is -3.22. The highest BCUT2D eigenvalue weighted by Gasteiger charge is 2.19. The van der Waals surface area contributed by atoms with Gasteiger partial charge in [0.1, 0.15) is 0 Å². The van der Waals surface area contributed by atoms with Crippen molar-refractivity contribution in [3.63, 3.8) is 0 Å². The zero-order valence-electron chi connectivity index (χ0n) is 14.6. The second-order valence-electron chi connectivity index (χ2n) is 6.39. The molecule has 3 rings (SSSR count). The fourth-order valence-corrected chi connectivity index (χ4v) is 3.11. The van der Waals surface area contributed by atoms with Gasteiger partial charge in [-0.2, -0.15) is 0 Å². The van der Waals surface area contributed by atoms with Crippen LogP contribution in [0.2, 0.25) is 0 Å². The Bertz CT molecular complexity index is 908. The van der Waals surface area contributed by atoms with E-state index in [2.05, 4.69) is 5.32 Å². The molecular formula is C19H19N3O4. The zero-order valence-corrected chi connectivity index (χ0v) is 14.6. The van der Waals surface area contributed by atoms with Crippen LogP contribution in [0.15, 0.2) is 36.4 Å². The molecule has 26 heavy (non-hydrogen) atoms. The van der Waals surface area contributed by atoms with Crippen molar-refractivity contribution >= 4 is 23.2 Å². The summed E-state index contributed by atoms with van der Waals surface area (Å²) >= 11 is 0. The summed E-state index contributed by atoms with van der Waals surface area (Å²) in [4.78, 5) is 36.2. The summed E-state index contributed by atoms with van der Waals surface area (Å²) in [6, 6.07) is 9.95. The van der Waals surface area contributed by atoms with E-state index in [1.54, 1.807) is 18.7 Å². The Morgan fingerprint density at radius 2 is 1.92 bits per heavy atom. The summed E-state index contributed by atoms with van der Waals surface area (Å²) in [5, 5.41) is 13.7. The number of anilines is 1. The second-order valence-corrected chi connectivity index (χ2v) is 6.39. The lowest BCUT2D eigenvalue weighted by molar-refractivity contribution is -0.385. The first-order valence-corrected chi connectivity index (χ1v) is 8.29. The molecule has 1 heterocycles. The number of nitro groups is 1. The van der Waals surface area contributed by atoms with Gasteiger partial charge in [-0.25, -0.2) is 0 Å². The first kappa shape index (κ1) is 17.6. The van der Waals surface area contributed by atoms with Crippen LogP contribution in [0.4, 0.5) is 11.4 Å². The smallest absolute Gasteiger partial charge is 0.272 e. The molecule has 1 N–H and O–H groups in total. The topological polar surface area (TPSA) is 92.6 Å². The van der Waals surface area contributed by atoms with Crippen molar-refractivity contribution < 1.29 is 14.5 Å². The molecule has 0 bridgehead atoms. The molecule has 0 aliphatic carbocycles. The van der Waals surface area contributed by atoms with Crippen LogP contribution in [-0.4, -0.2) is 28.2 Å². The molecular weight excluding hydrogens is 334 g/mol. The molecule has 0 spiro atoms. The van der Waals surface area contributed by atoms with Crippen LogP contribution in [0.5, 0.6) is 0 Å². The molecule has 134 valence electrons. The molecule has 7 nitrogen and oxygen atoms in total. The SMILES string of the molecule is CC(=O)N1CCc2ccc(NC(=O)c3ccc([N+](=O)[O-])c(C)c3)cc2C1. The Morgan fingerprint density at radius 1 is 1.15 bits per heavy atom. The first-order chi connectivity index (χ1) is 12.3. The number of nitrogens with one attached hydrogen (secondary N) is 1. The predicted octanol–water partition coefficient (Wildman–Crippen LogP) is 3.06. The summed E-state index contributed by atoms with van der Waals surface area (Å²) in [6.45, 7) is 4.39. The van der Waals surface area contributed by atoms with Gasteiger partial charge in [0.2, 0.25) is 5.91 Å². The Kier molecular flexibility index (Phi) is 4.71. The number of carbonyl (C=O) groups is 2. The van der Waals surface area contributed by atoms with Crippen molar-refractivity contribution in [1.29, 1.82) is 0 Å². The highest BCUT2D eigenvalue weighted by Crippen LogP contribution is 2.24. The van der Waals surface area contributed by atoms with Crippen molar-refractivity contribution in [2.75, 3.05) is 11.9 Å². The standard InChI is InChI=1S/C19H19N3O4/c1-12-9-15(4-6-18(12)22(25)26)19(24)20-17-5-3-14-7-8-21(13(2)23)11-16(14)10-17/h3-6,9-10H,7-8,11H2,1-2H3,(H,20,24). The maximum Gasteiger partial charge on any atom is 0.272 e. The molecule has 1 aliphatic rings. The molecule has 0 aromatic heterocycles. The van der Waals surface area contributed by atoms with Crippen molar-refractivity contribution in [2.24, 2.45) is 0 Å². The number of aryl methyl sites for hydroxylation is 1. The minimum atomic E-state index is -0.471. The van der Waals surface area contributed by atoms with E-state index in [9.17, 15) is 19.7 Å². The van der Waals surface area contributed by atoms with E-state index in [0.29, 0.717) is 29.9 Å². The van der Waals surface area contributed by atoms with Gasteiger partial charge < -0.3 is 10.2 Å². The summed E-state index contributed by atoms with van der Waals surface area (Å²) in [5.41, 5.74) is 3.60. The van der Waals surface area contributed by atoms with Crippen LogP contribution >= 0.6 is 0 Å². The molecule has 7 heteroatoms. The largest absolute Gasteiger partial charge is 0.338 e. The normalized spacial score (nSPS) is 13.1. The van der Waals surface area contributed by atoms with Gasteiger partial charge in [-0.05, 0) is 48.7 Å². The fourth-order valence-electron chi connectivity index (χ4n) is 3.11. The molecule has 2 aromatic carbocycles. The van der Waals surface area contributed by atoms with Gasteiger partial charge in [0.15, 0.2) is 0 Å². The van der Waals surface area contributed by atoms with Crippen molar-refractivity contribution in [3.8, 4) is 0 Å². The maximum atomic E-state index is 12.4. The van der Waals surface area contributed by atoms with Crippen LogP contribution in [0.1, 0.15) is 34.0 Å². The van der Waals surface area contributed by atoms with Crippen molar-refractivity contribution in [1.82, 2.24) is 4.90 Å². The molecule has 0 unspecified atom stereocenters. The number of benzene rings is 2. The third kappa shape index (κ3) is 3.56. The number of carbonyl (C=O) groups excluding carboxylic acids is 2. The summed E-state index contributed by atoms with van der Waals surface area (Å²) < 4.78 is 0. The highest BCUT2D eigenvalue weighted by atomic mass is 16.6. The van der Waals surface area contributed by atoms with Crippen LogP contribution in [0, 0.1) is 17.0 Å². The third-order valence-electron chi connectivity index (χ3n) is 4.58. The lowest BCUT2D eigenvalue weighted by Crippen LogP contribution is -2.34. The van der Waals surface area contributed by atoms with Gasteiger partial charge in [0, 0.05) is 42.9 Å². The van der Waals surface area contributed by atoms with E-state index >= 15 is 0 Å². The zero-order chi connectivity index (χ0) is 18.8. The summed E-state index contributed by atoms with van der Waals surface area (Å²) in [7, 11) is 0. The molecule has 2 aromatic rings. The number of hydrogen-bond acceptors (Lipinski definition) is 4. The Labute approximate surface area is 150 Å². The van der Waals surface area contributed by atoms with E-state index in [4.69, 9.17) is 0 Å². The van der Waals surface area contributed by atoms with E-state index in [0.717, 1.165) is 12.0 Å². The third-order valence-corrected chi connectivity index (χ3v) is 4.58. The van der Waals surface area contributed by atoms with E-state index in [1.807, 2.05) is 18.2 Å². The second kappa shape index (κ2) is 6.95.